The van der Waals surface area contributed by atoms with E-state index in [-0.39, 0.29) is 0 Å². The first-order valence-corrected chi connectivity index (χ1v) is 4.89. The maximum Gasteiger partial charge on any atom is 0.147 e. The molecule has 0 heterocycles. The predicted octanol–water partition coefficient (Wildman–Crippen LogP) is 3.62. The summed E-state index contributed by atoms with van der Waals surface area (Å²) < 4.78 is 0.990. The molecule has 0 atom stereocenters. The minimum Gasteiger partial charge on any atom is -0.298 e. The van der Waals surface area contributed by atoms with Crippen LogP contribution in [0.15, 0.2) is 34.3 Å². The van der Waals surface area contributed by atoms with E-state index in [1.54, 1.807) is 6.92 Å². The van der Waals surface area contributed by atoms with Gasteiger partial charge in [-0.05, 0) is 24.6 Å². The zero-order chi connectivity index (χ0) is 9.84. The van der Waals surface area contributed by atoms with Crippen LogP contribution in [0.5, 0.6) is 0 Å². The van der Waals surface area contributed by atoms with E-state index < -0.39 is 0 Å². The molecule has 0 spiro atoms. The lowest BCUT2D eigenvalue weighted by Gasteiger charge is -2.00. The summed E-state index contributed by atoms with van der Waals surface area (Å²) in [5.74, 6) is 0. The Morgan fingerprint density at radius 1 is 1.38 bits per heavy atom. The molecule has 1 rings (SSSR count). The summed E-state index contributed by atoms with van der Waals surface area (Å²) in [4.78, 5) is 10.4. The molecule has 13 heavy (non-hydrogen) atoms. The lowest BCUT2D eigenvalue weighted by molar-refractivity contribution is -0.104. The first kappa shape index (κ1) is 10.5. The Bertz CT molecular complexity index is 340. The second-order valence-electron chi connectivity index (χ2n) is 2.62. The van der Waals surface area contributed by atoms with Gasteiger partial charge in [-0.15, -0.1) is 0 Å². The third-order valence-electron chi connectivity index (χ3n) is 1.62. The molecule has 0 aliphatic heterocycles. The number of carbonyl (C=O) groups excluding carboxylic acids is 1. The molecule has 0 saturated heterocycles. The van der Waals surface area contributed by atoms with Gasteiger partial charge < -0.3 is 0 Å². The summed E-state index contributed by atoms with van der Waals surface area (Å²) in [6.07, 6.45) is 0.754. The van der Waals surface area contributed by atoms with Gasteiger partial charge in [0.05, 0.1) is 5.03 Å². The monoisotopic (exact) mass is 258 g/mol. The van der Waals surface area contributed by atoms with Crippen LogP contribution < -0.4 is 0 Å². The molecule has 0 bridgehead atoms. The van der Waals surface area contributed by atoms with Gasteiger partial charge in [0, 0.05) is 10.0 Å². The maximum atomic E-state index is 10.4. The number of carbonyl (C=O) groups is 1. The molecule has 1 nitrogen and oxygen atoms in total. The zero-order valence-corrected chi connectivity index (χ0v) is 9.39. The lowest BCUT2D eigenvalue weighted by Crippen LogP contribution is -1.83. The van der Waals surface area contributed by atoms with Gasteiger partial charge in [0.25, 0.3) is 0 Å². The Balaban J connectivity index is 3.09. The number of hydrogen-bond donors (Lipinski definition) is 0. The van der Waals surface area contributed by atoms with Gasteiger partial charge in [0.15, 0.2) is 0 Å². The van der Waals surface area contributed by atoms with E-state index in [9.17, 15) is 4.79 Å². The van der Waals surface area contributed by atoms with Crippen LogP contribution in [0.3, 0.4) is 0 Å². The van der Waals surface area contributed by atoms with Gasteiger partial charge >= 0.3 is 0 Å². The minimum absolute atomic E-state index is 0.502. The molecule has 0 aliphatic rings. The second kappa shape index (κ2) is 4.58. The fourth-order valence-electron chi connectivity index (χ4n) is 0.876. The summed E-state index contributed by atoms with van der Waals surface area (Å²) in [7, 11) is 0. The molecule has 3 heteroatoms. The first-order chi connectivity index (χ1) is 6.15. The molecular formula is C10H8BrClO. The van der Waals surface area contributed by atoms with E-state index in [0.29, 0.717) is 10.6 Å². The number of halogens is 2. The van der Waals surface area contributed by atoms with E-state index in [1.807, 2.05) is 24.3 Å². The molecule has 0 aliphatic carbocycles. The fraction of sp³-hybridized carbons (Fsp3) is 0.100. The van der Waals surface area contributed by atoms with Crippen LogP contribution in [0, 0.1) is 0 Å². The van der Waals surface area contributed by atoms with E-state index in [2.05, 4.69) is 15.9 Å². The number of hydrogen-bond acceptors (Lipinski definition) is 1. The standard InChI is InChI=1S/C10H8BrClO/c1-7(6-13)10(12)8-2-4-9(11)5-3-8/h2-6H,1H3/b10-7-. The van der Waals surface area contributed by atoms with Crippen LogP contribution in [0.4, 0.5) is 0 Å². The predicted molar refractivity (Wildman–Crippen MR) is 58.7 cm³/mol. The SMILES string of the molecule is C/C(C=O)=C(/Cl)c1ccc(Br)cc1. The lowest BCUT2D eigenvalue weighted by atomic mass is 10.1. The Morgan fingerprint density at radius 2 is 1.92 bits per heavy atom. The van der Waals surface area contributed by atoms with Crippen molar-refractivity contribution >= 4 is 38.8 Å². The molecule has 0 unspecified atom stereocenters. The third-order valence-corrected chi connectivity index (χ3v) is 2.67. The van der Waals surface area contributed by atoms with Crippen molar-refractivity contribution in [3.8, 4) is 0 Å². The fourth-order valence-corrected chi connectivity index (χ4v) is 1.31. The average molecular weight is 260 g/mol. The van der Waals surface area contributed by atoms with Crippen molar-refractivity contribution in [2.24, 2.45) is 0 Å². The topological polar surface area (TPSA) is 17.1 Å². The summed E-state index contributed by atoms with van der Waals surface area (Å²) in [5, 5.41) is 0.502. The maximum absolute atomic E-state index is 10.4. The Kier molecular flexibility index (Phi) is 3.70. The van der Waals surface area contributed by atoms with Crippen LogP contribution in [-0.4, -0.2) is 6.29 Å². The van der Waals surface area contributed by atoms with E-state index >= 15 is 0 Å². The van der Waals surface area contributed by atoms with E-state index in [4.69, 9.17) is 11.6 Å². The van der Waals surface area contributed by atoms with Gasteiger partial charge in [-0.3, -0.25) is 4.79 Å². The van der Waals surface area contributed by atoms with Crippen molar-refractivity contribution < 1.29 is 4.79 Å². The zero-order valence-electron chi connectivity index (χ0n) is 7.05. The molecule has 1 aromatic carbocycles. The molecular weight excluding hydrogens is 251 g/mol. The van der Waals surface area contributed by atoms with Gasteiger partial charge in [0.2, 0.25) is 0 Å². The summed E-state index contributed by atoms with van der Waals surface area (Å²) in [6.45, 7) is 1.69. The van der Waals surface area contributed by atoms with Gasteiger partial charge in [0.1, 0.15) is 6.29 Å². The second-order valence-corrected chi connectivity index (χ2v) is 3.92. The highest BCUT2D eigenvalue weighted by molar-refractivity contribution is 9.10. The Morgan fingerprint density at radius 3 is 2.38 bits per heavy atom. The van der Waals surface area contributed by atoms with Crippen molar-refractivity contribution in [1.29, 1.82) is 0 Å². The van der Waals surface area contributed by atoms with Crippen LogP contribution in [0.25, 0.3) is 5.03 Å². The van der Waals surface area contributed by atoms with E-state index in [1.165, 1.54) is 0 Å². The van der Waals surface area contributed by atoms with E-state index in [0.717, 1.165) is 16.3 Å². The molecule has 68 valence electrons. The highest BCUT2D eigenvalue weighted by Crippen LogP contribution is 2.23. The molecule has 0 fully saturated rings. The Labute approximate surface area is 90.5 Å². The summed E-state index contributed by atoms with van der Waals surface area (Å²) in [5.41, 5.74) is 1.40. The van der Waals surface area contributed by atoms with Crippen LogP contribution >= 0.6 is 27.5 Å². The molecule has 0 N–H and O–H groups in total. The van der Waals surface area contributed by atoms with Crippen molar-refractivity contribution in [1.82, 2.24) is 0 Å². The van der Waals surface area contributed by atoms with Gasteiger partial charge in [-0.2, -0.15) is 0 Å². The van der Waals surface area contributed by atoms with Crippen LogP contribution in [-0.2, 0) is 4.79 Å². The van der Waals surface area contributed by atoms with Gasteiger partial charge in [-0.25, -0.2) is 0 Å². The molecule has 0 radical (unpaired) electrons. The molecule has 0 aromatic heterocycles. The average Bonchev–Trinajstić information content (AvgIpc) is 2.17. The number of benzene rings is 1. The summed E-state index contributed by atoms with van der Waals surface area (Å²) in [6, 6.07) is 7.49. The molecule has 0 saturated carbocycles. The molecule has 0 amide bonds. The van der Waals surface area contributed by atoms with Crippen molar-refractivity contribution in [2.45, 2.75) is 6.92 Å². The molecule has 1 aromatic rings. The highest BCUT2D eigenvalue weighted by atomic mass is 79.9. The summed E-state index contributed by atoms with van der Waals surface area (Å²) >= 11 is 9.26. The first-order valence-electron chi connectivity index (χ1n) is 3.72. The smallest absolute Gasteiger partial charge is 0.147 e. The largest absolute Gasteiger partial charge is 0.298 e. The number of rotatable bonds is 2. The van der Waals surface area contributed by atoms with Crippen molar-refractivity contribution in [3.63, 3.8) is 0 Å². The van der Waals surface area contributed by atoms with Crippen molar-refractivity contribution in [2.75, 3.05) is 0 Å². The quantitative estimate of drug-likeness (QED) is 0.586. The van der Waals surface area contributed by atoms with Gasteiger partial charge in [-0.1, -0.05) is 39.7 Å². The van der Waals surface area contributed by atoms with Crippen LogP contribution in [0.1, 0.15) is 12.5 Å². The minimum atomic E-state index is 0.502. The normalized spacial score (nSPS) is 12.2. The Hall–Kier alpha value is -0.600. The number of aldehydes is 1. The highest BCUT2D eigenvalue weighted by Gasteiger charge is 2.01. The van der Waals surface area contributed by atoms with Crippen molar-refractivity contribution in [3.05, 3.63) is 39.9 Å². The number of allylic oxidation sites excluding steroid dienone is 1. The third kappa shape index (κ3) is 2.68. The van der Waals surface area contributed by atoms with Crippen LogP contribution in [0.2, 0.25) is 0 Å².